The number of nitrogens with zero attached hydrogens (tertiary/aromatic N) is 5. The molecular formula is C20H18FN5O2. The molecule has 0 N–H and O–H groups in total. The van der Waals surface area contributed by atoms with Gasteiger partial charge >= 0.3 is 0 Å². The van der Waals surface area contributed by atoms with Gasteiger partial charge in [-0.2, -0.15) is 0 Å². The zero-order valence-electron chi connectivity index (χ0n) is 15.0. The number of hydrogen-bond acceptors (Lipinski definition) is 6. The van der Waals surface area contributed by atoms with Crippen LogP contribution in [0.2, 0.25) is 0 Å². The SMILES string of the molecule is O=C(c1cnccn1)N1CCCC(c2nccnc2Oc2ccc(F)cc2)C1. The fourth-order valence-corrected chi connectivity index (χ4v) is 3.27. The van der Waals surface area contributed by atoms with Crippen molar-refractivity contribution < 1.29 is 13.9 Å². The van der Waals surface area contributed by atoms with Crippen LogP contribution in [0, 0.1) is 5.82 Å². The summed E-state index contributed by atoms with van der Waals surface area (Å²) in [5, 5.41) is 0. The topological polar surface area (TPSA) is 81.1 Å². The van der Waals surface area contributed by atoms with Crippen LogP contribution in [0.25, 0.3) is 0 Å². The van der Waals surface area contributed by atoms with Crippen molar-refractivity contribution in [2.24, 2.45) is 0 Å². The minimum absolute atomic E-state index is 0.0153. The molecule has 8 heteroatoms. The van der Waals surface area contributed by atoms with Gasteiger partial charge in [-0.15, -0.1) is 0 Å². The predicted molar refractivity (Wildman–Crippen MR) is 98.4 cm³/mol. The Kier molecular flexibility index (Phi) is 5.18. The van der Waals surface area contributed by atoms with E-state index in [-0.39, 0.29) is 17.6 Å². The van der Waals surface area contributed by atoms with Crippen LogP contribution >= 0.6 is 0 Å². The fraction of sp³-hybridized carbons (Fsp3) is 0.250. The number of carbonyl (C=O) groups excluding carboxylic acids is 1. The van der Waals surface area contributed by atoms with E-state index in [1.807, 2.05) is 0 Å². The van der Waals surface area contributed by atoms with Crippen molar-refractivity contribution in [1.82, 2.24) is 24.8 Å². The third-order valence-electron chi connectivity index (χ3n) is 4.60. The quantitative estimate of drug-likeness (QED) is 0.692. The summed E-state index contributed by atoms with van der Waals surface area (Å²) >= 11 is 0. The van der Waals surface area contributed by atoms with Gasteiger partial charge in [0.05, 0.1) is 6.20 Å². The molecule has 1 unspecified atom stereocenters. The summed E-state index contributed by atoms with van der Waals surface area (Å²) in [5.74, 6) is 0.345. The Bertz CT molecular complexity index is 952. The summed E-state index contributed by atoms with van der Waals surface area (Å²) in [6.45, 7) is 1.15. The molecule has 1 aromatic carbocycles. The van der Waals surface area contributed by atoms with E-state index in [1.54, 1.807) is 29.4 Å². The lowest BCUT2D eigenvalue weighted by atomic mass is 9.94. The van der Waals surface area contributed by atoms with Crippen LogP contribution in [0.5, 0.6) is 11.6 Å². The Morgan fingerprint density at radius 3 is 2.64 bits per heavy atom. The molecule has 1 aliphatic heterocycles. The maximum Gasteiger partial charge on any atom is 0.274 e. The highest BCUT2D eigenvalue weighted by atomic mass is 19.1. The van der Waals surface area contributed by atoms with Gasteiger partial charge < -0.3 is 9.64 Å². The Morgan fingerprint density at radius 1 is 1.07 bits per heavy atom. The molecule has 142 valence electrons. The van der Waals surface area contributed by atoms with Gasteiger partial charge in [0.25, 0.3) is 5.91 Å². The molecule has 0 bridgehead atoms. The van der Waals surface area contributed by atoms with Gasteiger partial charge in [0.15, 0.2) is 0 Å². The van der Waals surface area contributed by atoms with Gasteiger partial charge in [-0.25, -0.2) is 14.4 Å². The van der Waals surface area contributed by atoms with Crippen LogP contribution in [-0.2, 0) is 0 Å². The molecule has 1 fully saturated rings. The summed E-state index contributed by atoms with van der Waals surface area (Å²) in [4.78, 5) is 31.3. The fourth-order valence-electron chi connectivity index (χ4n) is 3.27. The highest BCUT2D eigenvalue weighted by Crippen LogP contribution is 2.33. The molecule has 1 amide bonds. The Morgan fingerprint density at radius 2 is 1.86 bits per heavy atom. The Labute approximate surface area is 161 Å². The van der Waals surface area contributed by atoms with Gasteiger partial charge in [0.1, 0.15) is 23.0 Å². The summed E-state index contributed by atoms with van der Waals surface area (Å²) in [5.41, 5.74) is 1.01. The average molecular weight is 379 g/mol. The van der Waals surface area contributed by atoms with Crippen LogP contribution in [0.15, 0.2) is 55.2 Å². The third kappa shape index (κ3) is 3.95. The van der Waals surface area contributed by atoms with Crippen molar-refractivity contribution in [3.05, 3.63) is 72.5 Å². The van der Waals surface area contributed by atoms with Crippen LogP contribution in [0.3, 0.4) is 0 Å². The molecule has 1 saturated heterocycles. The first-order chi connectivity index (χ1) is 13.7. The maximum absolute atomic E-state index is 13.1. The molecule has 28 heavy (non-hydrogen) atoms. The van der Waals surface area contributed by atoms with Crippen molar-refractivity contribution >= 4 is 5.91 Å². The average Bonchev–Trinajstić information content (AvgIpc) is 2.76. The molecular weight excluding hydrogens is 361 g/mol. The van der Waals surface area contributed by atoms with E-state index in [1.165, 1.54) is 30.7 Å². The second-order valence-electron chi connectivity index (χ2n) is 6.48. The lowest BCUT2D eigenvalue weighted by Crippen LogP contribution is -2.39. The normalized spacial score (nSPS) is 16.6. The first kappa shape index (κ1) is 18.0. The van der Waals surface area contributed by atoms with E-state index in [4.69, 9.17) is 4.74 Å². The maximum atomic E-state index is 13.1. The standard InChI is InChI=1S/C20H18FN5O2/c21-15-3-5-16(6-4-15)28-19-18(24-9-10-25-19)14-2-1-11-26(13-14)20(27)17-12-22-7-8-23-17/h3-10,12,14H,1-2,11,13H2. The summed E-state index contributed by atoms with van der Waals surface area (Å²) in [6, 6.07) is 5.73. The molecule has 2 aromatic heterocycles. The van der Waals surface area contributed by atoms with Crippen molar-refractivity contribution in [3.63, 3.8) is 0 Å². The van der Waals surface area contributed by atoms with Gasteiger partial charge in [0.2, 0.25) is 5.88 Å². The van der Waals surface area contributed by atoms with E-state index in [9.17, 15) is 9.18 Å². The third-order valence-corrected chi connectivity index (χ3v) is 4.60. The molecule has 0 saturated carbocycles. The lowest BCUT2D eigenvalue weighted by molar-refractivity contribution is 0.0698. The van der Waals surface area contributed by atoms with Crippen LogP contribution in [0.1, 0.15) is 34.9 Å². The largest absolute Gasteiger partial charge is 0.437 e. The molecule has 4 rings (SSSR count). The van der Waals surface area contributed by atoms with E-state index in [2.05, 4.69) is 19.9 Å². The number of amides is 1. The summed E-state index contributed by atoms with van der Waals surface area (Å²) < 4.78 is 19.0. The molecule has 0 spiro atoms. The summed E-state index contributed by atoms with van der Waals surface area (Å²) in [6.07, 6.45) is 9.37. The van der Waals surface area contributed by atoms with Crippen molar-refractivity contribution in [2.45, 2.75) is 18.8 Å². The van der Waals surface area contributed by atoms with Gasteiger partial charge in [-0.05, 0) is 37.1 Å². The molecule has 3 aromatic rings. The molecule has 1 aliphatic rings. The lowest BCUT2D eigenvalue weighted by Gasteiger charge is -2.32. The number of piperidine rings is 1. The van der Waals surface area contributed by atoms with E-state index in [0.29, 0.717) is 36.1 Å². The van der Waals surface area contributed by atoms with Gasteiger partial charge in [0, 0.05) is 43.8 Å². The van der Waals surface area contributed by atoms with Crippen molar-refractivity contribution in [1.29, 1.82) is 0 Å². The molecule has 7 nitrogen and oxygen atoms in total. The zero-order chi connectivity index (χ0) is 19.3. The smallest absolute Gasteiger partial charge is 0.274 e. The van der Waals surface area contributed by atoms with E-state index >= 15 is 0 Å². The number of aromatic nitrogens is 4. The number of rotatable bonds is 4. The van der Waals surface area contributed by atoms with Gasteiger partial charge in [-0.3, -0.25) is 14.8 Å². The van der Waals surface area contributed by atoms with Crippen LogP contribution < -0.4 is 4.74 Å². The molecule has 3 heterocycles. The highest BCUT2D eigenvalue weighted by molar-refractivity contribution is 5.92. The predicted octanol–water partition coefficient (Wildman–Crippen LogP) is 3.22. The monoisotopic (exact) mass is 379 g/mol. The molecule has 0 aliphatic carbocycles. The van der Waals surface area contributed by atoms with Crippen LogP contribution in [-0.4, -0.2) is 43.8 Å². The first-order valence-electron chi connectivity index (χ1n) is 9.00. The van der Waals surface area contributed by atoms with E-state index in [0.717, 1.165) is 12.8 Å². The van der Waals surface area contributed by atoms with Crippen molar-refractivity contribution in [2.75, 3.05) is 13.1 Å². The first-order valence-corrected chi connectivity index (χ1v) is 9.00. The number of ether oxygens (including phenoxy) is 1. The molecule has 0 radical (unpaired) electrons. The number of hydrogen-bond donors (Lipinski definition) is 0. The Hall–Kier alpha value is -3.42. The minimum atomic E-state index is -0.336. The number of halogens is 1. The number of likely N-dealkylation sites (tertiary alicyclic amines) is 1. The zero-order valence-corrected chi connectivity index (χ0v) is 15.0. The molecule has 1 atom stereocenters. The number of carbonyl (C=O) groups is 1. The number of benzene rings is 1. The van der Waals surface area contributed by atoms with Crippen LogP contribution in [0.4, 0.5) is 4.39 Å². The summed E-state index contributed by atoms with van der Waals surface area (Å²) in [7, 11) is 0. The second kappa shape index (κ2) is 8.08. The van der Waals surface area contributed by atoms with E-state index < -0.39 is 0 Å². The van der Waals surface area contributed by atoms with Gasteiger partial charge in [-0.1, -0.05) is 0 Å². The van der Waals surface area contributed by atoms with Crippen molar-refractivity contribution in [3.8, 4) is 11.6 Å². The highest BCUT2D eigenvalue weighted by Gasteiger charge is 2.29. The minimum Gasteiger partial charge on any atom is -0.437 e. The second-order valence-corrected chi connectivity index (χ2v) is 6.48. The Balaban J connectivity index is 1.54.